The summed E-state index contributed by atoms with van der Waals surface area (Å²) < 4.78 is 23.1. The highest BCUT2D eigenvalue weighted by atomic mass is 32.2. The molecular formula is C14H14N2O3S. The molecular weight excluding hydrogens is 276 g/mol. The third-order valence-corrected chi connectivity index (χ3v) is 3.74. The Kier molecular flexibility index (Phi) is 3.76. The molecule has 0 aromatic heterocycles. The number of anilines is 2. The van der Waals surface area contributed by atoms with Gasteiger partial charge in [-0.25, -0.2) is 8.42 Å². The Hall–Kier alpha value is -2.34. The number of nitrogen functional groups attached to an aromatic ring is 1. The first-order valence-corrected chi connectivity index (χ1v) is 7.72. The van der Waals surface area contributed by atoms with Crippen molar-refractivity contribution in [2.75, 3.05) is 17.3 Å². The molecule has 0 spiro atoms. The second-order valence-electron chi connectivity index (χ2n) is 4.38. The number of carbonyl (C=O) groups excluding carboxylic acids is 1. The fourth-order valence-corrected chi connectivity index (χ4v) is 2.38. The van der Waals surface area contributed by atoms with E-state index in [0.29, 0.717) is 5.69 Å². The van der Waals surface area contributed by atoms with Crippen LogP contribution >= 0.6 is 0 Å². The second-order valence-corrected chi connectivity index (χ2v) is 6.40. The normalized spacial score (nSPS) is 11.1. The first-order valence-electron chi connectivity index (χ1n) is 5.83. The molecule has 0 aliphatic heterocycles. The van der Waals surface area contributed by atoms with Gasteiger partial charge in [0.2, 0.25) is 0 Å². The van der Waals surface area contributed by atoms with Crippen LogP contribution in [0.5, 0.6) is 0 Å². The van der Waals surface area contributed by atoms with Crippen LogP contribution in [0.2, 0.25) is 0 Å². The number of hydrogen-bond donors (Lipinski definition) is 2. The lowest BCUT2D eigenvalue weighted by molar-refractivity contribution is 0.102. The number of para-hydroxylation sites is 1. The van der Waals surface area contributed by atoms with Gasteiger partial charge in [-0.2, -0.15) is 0 Å². The van der Waals surface area contributed by atoms with Gasteiger partial charge in [0.05, 0.1) is 4.90 Å². The maximum atomic E-state index is 12.1. The van der Waals surface area contributed by atoms with E-state index in [1.807, 2.05) is 6.07 Å². The summed E-state index contributed by atoms with van der Waals surface area (Å²) in [5.74, 6) is -0.409. The molecule has 1 amide bonds. The highest BCUT2D eigenvalue weighted by Gasteiger charge is 2.13. The zero-order valence-electron chi connectivity index (χ0n) is 10.8. The van der Waals surface area contributed by atoms with Crippen LogP contribution in [0, 0.1) is 0 Å². The molecule has 0 aliphatic rings. The summed E-state index contributed by atoms with van der Waals surface area (Å²) >= 11 is 0. The zero-order chi connectivity index (χ0) is 14.8. The standard InChI is InChI=1S/C14H14N2O3S/c1-20(18,19)13-8-10(7-11(15)9-13)14(17)16-12-5-3-2-4-6-12/h2-9H,15H2,1H3,(H,16,17). The monoisotopic (exact) mass is 290 g/mol. The Labute approximate surface area is 117 Å². The zero-order valence-corrected chi connectivity index (χ0v) is 11.6. The highest BCUT2D eigenvalue weighted by Crippen LogP contribution is 2.18. The summed E-state index contributed by atoms with van der Waals surface area (Å²) in [4.78, 5) is 12.1. The molecule has 0 bridgehead atoms. The van der Waals surface area contributed by atoms with Crippen LogP contribution in [0.25, 0.3) is 0 Å². The summed E-state index contributed by atoms with van der Waals surface area (Å²) in [6.07, 6.45) is 1.07. The third kappa shape index (κ3) is 3.36. The van der Waals surface area contributed by atoms with E-state index in [-0.39, 0.29) is 16.1 Å². The van der Waals surface area contributed by atoms with Gasteiger partial charge in [0, 0.05) is 23.2 Å². The van der Waals surface area contributed by atoms with Gasteiger partial charge in [0.1, 0.15) is 0 Å². The fraction of sp³-hybridized carbons (Fsp3) is 0.0714. The minimum Gasteiger partial charge on any atom is -0.399 e. The van der Waals surface area contributed by atoms with Gasteiger partial charge in [0.25, 0.3) is 5.91 Å². The summed E-state index contributed by atoms with van der Waals surface area (Å²) in [6.45, 7) is 0. The van der Waals surface area contributed by atoms with Crippen molar-refractivity contribution in [3.63, 3.8) is 0 Å². The Bertz CT molecular complexity index is 740. The smallest absolute Gasteiger partial charge is 0.255 e. The van der Waals surface area contributed by atoms with Crippen LogP contribution in [0.4, 0.5) is 11.4 Å². The third-order valence-electron chi connectivity index (χ3n) is 2.65. The molecule has 2 rings (SSSR count). The SMILES string of the molecule is CS(=O)(=O)c1cc(N)cc(C(=O)Nc2ccccc2)c1. The highest BCUT2D eigenvalue weighted by molar-refractivity contribution is 7.90. The van der Waals surface area contributed by atoms with Crippen LogP contribution in [-0.4, -0.2) is 20.6 Å². The minimum absolute atomic E-state index is 0.0238. The molecule has 5 nitrogen and oxygen atoms in total. The van der Waals surface area contributed by atoms with E-state index < -0.39 is 15.7 Å². The largest absolute Gasteiger partial charge is 0.399 e. The second kappa shape index (κ2) is 5.34. The molecule has 0 unspecified atom stereocenters. The Balaban J connectivity index is 2.33. The van der Waals surface area contributed by atoms with Crippen LogP contribution in [-0.2, 0) is 9.84 Å². The molecule has 6 heteroatoms. The number of carbonyl (C=O) groups is 1. The number of rotatable bonds is 3. The van der Waals surface area contributed by atoms with Gasteiger partial charge in [-0.15, -0.1) is 0 Å². The van der Waals surface area contributed by atoms with E-state index in [2.05, 4.69) is 5.32 Å². The lowest BCUT2D eigenvalue weighted by Gasteiger charge is -2.07. The Morgan fingerprint density at radius 3 is 2.35 bits per heavy atom. The number of hydrogen-bond acceptors (Lipinski definition) is 4. The van der Waals surface area contributed by atoms with E-state index in [9.17, 15) is 13.2 Å². The molecule has 0 atom stereocenters. The molecule has 20 heavy (non-hydrogen) atoms. The average Bonchev–Trinajstić information content (AvgIpc) is 2.38. The number of nitrogens with two attached hydrogens (primary N) is 1. The molecule has 0 radical (unpaired) electrons. The van der Waals surface area contributed by atoms with Crippen LogP contribution in [0.1, 0.15) is 10.4 Å². The molecule has 2 aromatic carbocycles. The molecule has 0 aliphatic carbocycles. The van der Waals surface area contributed by atoms with Crippen molar-refractivity contribution in [2.45, 2.75) is 4.90 Å². The average molecular weight is 290 g/mol. The van der Waals surface area contributed by atoms with Crippen molar-refractivity contribution in [2.24, 2.45) is 0 Å². The van der Waals surface area contributed by atoms with E-state index in [0.717, 1.165) is 6.26 Å². The predicted octanol–water partition coefficient (Wildman–Crippen LogP) is 1.92. The van der Waals surface area contributed by atoms with E-state index in [1.165, 1.54) is 18.2 Å². The quantitative estimate of drug-likeness (QED) is 0.845. The molecule has 0 heterocycles. The summed E-state index contributed by atoms with van der Waals surface area (Å²) in [7, 11) is -3.41. The summed E-state index contributed by atoms with van der Waals surface area (Å²) in [6, 6.07) is 13.0. The van der Waals surface area contributed by atoms with E-state index in [4.69, 9.17) is 5.73 Å². The van der Waals surface area contributed by atoms with Crippen molar-refractivity contribution in [1.29, 1.82) is 0 Å². The lowest BCUT2D eigenvalue weighted by Crippen LogP contribution is -2.13. The number of benzene rings is 2. The van der Waals surface area contributed by atoms with Crippen molar-refractivity contribution in [3.05, 3.63) is 54.1 Å². The Morgan fingerprint density at radius 2 is 1.75 bits per heavy atom. The van der Waals surface area contributed by atoms with Crippen molar-refractivity contribution >= 4 is 27.1 Å². The van der Waals surface area contributed by atoms with Crippen molar-refractivity contribution in [1.82, 2.24) is 0 Å². The van der Waals surface area contributed by atoms with Gasteiger partial charge >= 0.3 is 0 Å². The van der Waals surface area contributed by atoms with Gasteiger partial charge in [0.15, 0.2) is 9.84 Å². The molecule has 0 fully saturated rings. The molecule has 0 saturated heterocycles. The number of sulfone groups is 1. The summed E-state index contributed by atoms with van der Waals surface area (Å²) in [5, 5.41) is 2.67. The molecule has 3 N–H and O–H groups in total. The van der Waals surface area contributed by atoms with Gasteiger partial charge in [-0.05, 0) is 30.3 Å². The molecule has 2 aromatic rings. The van der Waals surface area contributed by atoms with E-state index >= 15 is 0 Å². The van der Waals surface area contributed by atoms with Crippen LogP contribution < -0.4 is 11.1 Å². The molecule has 0 saturated carbocycles. The maximum Gasteiger partial charge on any atom is 0.255 e. The van der Waals surface area contributed by atoms with Gasteiger partial charge < -0.3 is 11.1 Å². The first kappa shape index (κ1) is 14.1. The van der Waals surface area contributed by atoms with Crippen molar-refractivity contribution in [3.8, 4) is 0 Å². The maximum absolute atomic E-state index is 12.1. The number of amides is 1. The van der Waals surface area contributed by atoms with Gasteiger partial charge in [-0.1, -0.05) is 18.2 Å². The van der Waals surface area contributed by atoms with Crippen LogP contribution in [0.3, 0.4) is 0 Å². The topological polar surface area (TPSA) is 89.3 Å². The minimum atomic E-state index is -3.41. The summed E-state index contributed by atoms with van der Waals surface area (Å²) in [5.41, 5.74) is 6.70. The fourth-order valence-electron chi connectivity index (χ4n) is 1.69. The predicted molar refractivity (Wildman–Crippen MR) is 78.4 cm³/mol. The molecule has 104 valence electrons. The van der Waals surface area contributed by atoms with Crippen LogP contribution in [0.15, 0.2) is 53.4 Å². The van der Waals surface area contributed by atoms with Crippen molar-refractivity contribution < 1.29 is 13.2 Å². The Morgan fingerprint density at radius 1 is 1.10 bits per heavy atom. The van der Waals surface area contributed by atoms with E-state index in [1.54, 1.807) is 24.3 Å². The number of nitrogens with one attached hydrogen (secondary N) is 1. The first-order chi connectivity index (χ1) is 9.36. The lowest BCUT2D eigenvalue weighted by atomic mass is 10.2. The van der Waals surface area contributed by atoms with Gasteiger partial charge in [-0.3, -0.25) is 4.79 Å².